The van der Waals surface area contributed by atoms with E-state index in [2.05, 4.69) is 9.88 Å². The molecule has 5 rings (SSSR count). The minimum atomic E-state index is -0.102. The Kier molecular flexibility index (Phi) is 4.60. The molecular formula is C22H26N4O3. The van der Waals surface area contributed by atoms with Gasteiger partial charge in [-0.1, -0.05) is 12.1 Å². The van der Waals surface area contributed by atoms with Crippen LogP contribution in [-0.2, 0) is 16.1 Å². The SMILES string of the molecule is O=C(CCn1cnc2ccccc2c1=O)N1C[C@H]2C[C@H](C1)[C@@H]1CCCC(=O)N1C2. The van der Waals surface area contributed by atoms with E-state index in [9.17, 15) is 14.4 Å². The van der Waals surface area contributed by atoms with E-state index in [1.165, 1.54) is 10.9 Å². The highest BCUT2D eigenvalue weighted by molar-refractivity contribution is 5.79. The highest BCUT2D eigenvalue weighted by atomic mass is 16.2. The summed E-state index contributed by atoms with van der Waals surface area (Å²) in [5.41, 5.74) is 0.575. The van der Waals surface area contributed by atoms with Crippen molar-refractivity contribution in [3.05, 3.63) is 40.9 Å². The molecule has 2 aromatic rings. The van der Waals surface area contributed by atoms with Crippen LogP contribution >= 0.6 is 0 Å². The molecule has 0 saturated carbocycles. The predicted molar refractivity (Wildman–Crippen MR) is 108 cm³/mol. The smallest absolute Gasteiger partial charge is 0.261 e. The third-order valence-corrected chi connectivity index (χ3v) is 6.83. The molecule has 3 saturated heterocycles. The van der Waals surface area contributed by atoms with Crippen LogP contribution in [0.2, 0.25) is 0 Å². The van der Waals surface area contributed by atoms with E-state index < -0.39 is 0 Å². The fourth-order valence-electron chi connectivity index (χ4n) is 5.45. The molecule has 152 valence electrons. The second kappa shape index (κ2) is 7.28. The molecule has 7 heteroatoms. The summed E-state index contributed by atoms with van der Waals surface area (Å²) in [6.45, 7) is 2.58. The monoisotopic (exact) mass is 394 g/mol. The van der Waals surface area contributed by atoms with Crippen molar-refractivity contribution < 1.29 is 9.59 Å². The average Bonchev–Trinajstić information content (AvgIpc) is 2.74. The molecule has 0 N–H and O–H groups in total. The van der Waals surface area contributed by atoms with Gasteiger partial charge >= 0.3 is 0 Å². The highest BCUT2D eigenvalue weighted by Crippen LogP contribution is 2.38. The Hall–Kier alpha value is -2.70. The molecule has 0 unspecified atom stereocenters. The lowest BCUT2D eigenvalue weighted by Gasteiger charge is -2.52. The van der Waals surface area contributed by atoms with Crippen LogP contribution in [0.3, 0.4) is 0 Å². The van der Waals surface area contributed by atoms with Crippen LogP contribution in [0.5, 0.6) is 0 Å². The number of aryl methyl sites for hydroxylation is 1. The zero-order valence-electron chi connectivity index (χ0n) is 16.5. The van der Waals surface area contributed by atoms with Crippen LogP contribution in [0.25, 0.3) is 10.9 Å². The number of para-hydroxylation sites is 1. The van der Waals surface area contributed by atoms with Gasteiger partial charge in [0, 0.05) is 45.1 Å². The molecule has 0 spiro atoms. The summed E-state index contributed by atoms with van der Waals surface area (Å²) in [5, 5.41) is 0.581. The average molecular weight is 394 g/mol. The maximum absolute atomic E-state index is 12.9. The third kappa shape index (κ3) is 3.32. The number of fused-ring (bicyclic) bond motifs is 5. The molecular weight excluding hydrogens is 368 g/mol. The van der Waals surface area contributed by atoms with Crippen LogP contribution < -0.4 is 5.56 Å². The maximum atomic E-state index is 12.9. The summed E-state index contributed by atoms with van der Waals surface area (Å²) in [5.74, 6) is 1.15. The molecule has 1 aromatic heterocycles. The largest absolute Gasteiger partial charge is 0.342 e. The first-order valence-corrected chi connectivity index (χ1v) is 10.6. The lowest BCUT2D eigenvalue weighted by atomic mass is 9.76. The minimum Gasteiger partial charge on any atom is -0.342 e. The van der Waals surface area contributed by atoms with Crippen molar-refractivity contribution in [1.29, 1.82) is 0 Å². The first-order chi connectivity index (χ1) is 14.1. The molecule has 0 aliphatic carbocycles. The van der Waals surface area contributed by atoms with E-state index in [1.54, 1.807) is 6.07 Å². The van der Waals surface area contributed by atoms with Crippen LogP contribution in [0.4, 0.5) is 0 Å². The first-order valence-electron chi connectivity index (χ1n) is 10.6. The summed E-state index contributed by atoms with van der Waals surface area (Å²) in [4.78, 5) is 46.2. The molecule has 3 atom stereocenters. The number of amides is 2. The van der Waals surface area contributed by atoms with Crippen molar-refractivity contribution in [2.45, 2.75) is 44.7 Å². The Balaban J connectivity index is 1.26. The van der Waals surface area contributed by atoms with Gasteiger partial charge in [-0.15, -0.1) is 0 Å². The number of nitrogens with zero attached hydrogens (tertiary/aromatic N) is 4. The fourth-order valence-corrected chi connectivity index (χ4v) is 5.45. The maximum Gasteiger partial charge on any atom is 0.261 e. The van der Waals surface area contributed by atoms with E-state index in [0.717, 1.165) is 38.9 Å². The minimum absolute atomic E-state index is 0.0929. The number of carbonyl (C=O) groups excluding carboxylic acids is 2. The van der Waals surface area contributed by atoms with Gasteiger partial charge in [-0.3, -0.25) is 19.0 Å². The van der Waals surface area contributed by atoms with Gasteiger partial charge in [0.25, 0.3) is 5.56 Å². The molecule has 3 fully saturated rings. The number of benzene rings is 1. The Morgan fingerprint density at radius 1 is 1.14 bits per heavy atom. The first kappa shape index (κ1) is 18.3. The van der Waals surface area contributed by atoms with Gasteiger partial charge in [0.2, 0.25) is 11.8 Å². The number of hydrogen-bond donors (Lipinski definition) is 0. The van der Waals surface area contributed by atoms with E-state index >= 15 is 0 Å². The van der Waals surface area contributed by atoms with Gasteiger partial charge < -0.3 is 9.80 Å². The number of aromatic nitrogens is 2. The van der Waals surface area contributed by atoms with Crippen molar-refractivity contribution in [2.75, 3.05) is 19.6 Å². The lowest BCUT2D eigenvalue weighted by molar-refractivity contribution is -0.148. The van der Waals surface area contributed by atoms with Gasteiger partial charge in [-0.25, -0.2) is 4.98 Å². The molecule has 2 amide bonds. The predicted octanol–water partition coefficient (Wildman–Crippen LogP) is 1.65. The molecule has 4 heterocycles. The Labute approximate surface area is 169 Å². The van der Waals surface area contributed by atoms with Crippen molar-refractivity contribution in [1.82, 2.24) is 19.4 Å². The molecule has 2 bridgehead atoms. The van der Waals surface area contributed by atoms with Gasteiger partial charge in [0.05, 0.1) is 17.2 Å². The normalized spacial score (nSPS) is 26.5. The number of hydrogen-bond acceptors (Lipinski definition) is 4. The number of piperidine rings is 3. The van der Waals surface area contributed by atoms with E-state index in [0.29, 0.717) is 54.1 Å². The zero-order chi connectivity index (χ0) is 20.0. The van der Waals surface area contributed by atoms with Crippen molar-refractivity contribution in [2.24, 2.45) is 11.8 Å². The summed E-state index contributed by atoms with van der Waals surface area (Å²) < 4.78 is 1.53. The van der Waals surface area contributed by atoms with Gasteiger partial charge in [-0.2, -0.15) is 0 Å². The van der Waals surface area contributed by atoms with Crippen molar-refractivity contribution in [3.8, 4) is 0 Å². The highest BCUT2D eigenvalue weighted by Gasteiger charge is 2.44. The summed E-state index contributed by atoms with van der Waals surface area (Å²) in [6, 6.07) is 7.57. The molecule has 0 radical (unpaired) electrons. The third-order valence-electron chi connectivity index (χ3n) is 6.83. The Bertz CT molecular complexity index is 1020. The van der Waals surface area contributed by atoms with E-state index in [4.69, 9.17) is 0 Å². The summed E-state index contributed by atoms with van der Waals surface area (Å²) in [6.07, 6.45) is 5.65. The second-order valence-electron chi connectivity index (χ2n) is 8.68. The van der Waals surface area contributed by atoms with Gasteiger partial charge in [0.1, 0.15) is 0 Å². The number of likely N-dealkylation sites (tertiary alicyclic amines) is 1. The van der Waals surface area contributed by atoms with Crippen LogP contribution in [0.15, 0.2) is 35.4 Å². The molecule has 1 aromatic carbocycles. The molecule has 3 aliphatic rings. The Morgan fingerprint density at radius 2 is 2.00 bits per heavy atom. The van der Waals surface area contributed by atoms with Crippen LogP contribution in [0, 0.1) is 11.8 Å². The summed E-state index contributed by atoms with van der Waals surface area (Å²) >= 11 is 0. The molecule has 3 aliphatic heterocycles. The van der Waals surface area contributed by atoms with Crippen LogP contribution in [-0.4, -0.2) is 56.8 Å². The zero-order valence-corrected chi connectivity index (χ0v) is 16.5. The molecule has 7 nitrogen and oxygen atoms in total. The van der Waals surface area contributed by atoms with E-state index in [1.807, 2.05) is 23.1 Å². The van der Waals surface area contributed by atoms with Gasteiger partial charge in [0.15, 0.2) is 0 Å². The lowest BCUT2D eigenvalue weighted by Crippen LogP contribution is -2.61. The number of rotatable bonds is 3. The van der Waals surface area contributed by atoms with Crippen molar-refractivity contribution >= 4 is 22.7 Å². The van der Waals surface area contributed by atoms with Crippen LogP contribution in [0.1, 0.15) is 32.1 Å². The number of carbonyl (C=O) groups is 2. The topological polar surface area (TPSA) is 75.5 Å². The van der Waals surface area contributed by atoms with Gasteiger partial charge in [-0.05, 0) is 43.2 Å². The van der Waals surface area contributed by atoms with E-state index in [-0.39, 0.29) is 11.5 Å². The standard InChI is InChI=1S/C22H26N4O3/c27-20(8-9-24-14-23-18-5-2-1-4-17(18)22(24)29)25-11-15-10-16(13-25)19-6-3-7-21(28)26(19)12-15/h1-2,4-5,14-16,19H,3,6-13H2/t15-,16-,19+/m1/s1. The van der Waals surface area contributed by atoms with Crippen molar-refractivity contribution in [3.63, 3.8) is 0 Å². The fraction of sp³-hybridized carbons (Fsp3) is 0.545. The summed E-state index contributed by atoms with van der Waals surface area (Å²) in [7, 11) is 0. The molecule has 29 heavy (non-hydrogen) atoms. The quantitative estimate of drug-likeness (QED) is 0.793. The Morgan fingerprint density at radius 3 is 2.90 bits per heavy atom. The second-order valence-corrected chi connectivity index (χ2v) is 8.68.